The van der Waals surface area contributed by atoms with Gasteiger partial charge >= 0.3 is 0 Å². The first-order valence-corrected chi connectivity index (χ1v) is 5.70. The van der Waals surface area contributed by atoms with Gasteiger partial charge in [-0.15, -0.1) is 11.8 Å². The van der Waals surface area contributed by atoms with Crippen LogP contribution in [0.4, 0.5) is 0 Å². The fourth-order valence-corrected chi connectivity index (χ4v) is 2.15. The molecule has 0 aliphatic rings. The average molecular weight is 206 g/mol. The molecule has 3 heteroatoms. The zero-order valence-electron chi connectivity index (χ0n) is 8.53. The number of hydrogen-bond acceptors (Lipinski definition) is 3. The Kier molecular flexibility index (Phi) is 4.48. The maximum absolute atomic E-state index is 8.65. The molecule has 0 N–H and O–H groups in total. The van der Waals surface area contributed by atoms with E-state index in [9.17, 15) is 0 Å². The van der Waals surface area contributed by atoms with Crippen LogP contribution in [0.1, 0.15) is 26.0 Å². The third kappa shape index (κ3) is 3.80. The fourth-order valence-electron chi connectivity index (χ4n) is 0.975. The normalized spacial score (nSPS) is 10.1. The number of aromatic nitrogens is 1. The number of pyridine rings is 1. The van der Waals surface area contributed by atoms with E-state index in [0.717, 1.165) is 16.6 Å². The Morgan fingerprint density at radius 1 is 1.57 bits per heavy atom. The third-order valence-corrected chi connectivity index (χ3v) is 2.84. The molecule has 0 radical (unpaired) electrons. The van der Waals surface area contributed by atoms with Crippen molar-refractivity contribution in [2.45, 2.75) is 25.2 Å². The number of thioether (sulfide) groups is 1. The molecule has 0 atom stereocenters. The second kappa shape index (κ2) is 5.66. The molecule has 0 saturated heterocycles. The molecule has 0 aromatic carbocycles. The molecule has 74 valence electrons. The van der Waals surface area contributed by atoms with Crippen molar-refractivity contribution in [2.24, 2.45) is 5.92 Å². The van der Waals surface area contributed by atoms with Gasteiger partial charge in [-0.1, -0.05) is 13.8 Å². The summed E-state index contributed by atoms with van der Waals surface area (Å²) >= 11 is 1.79. The van der Waals surface area contributed by atoms with E-state index in [-0.39, 0.29) is 0 Å². The predicted molar refractivity (Wildman–Crippen MR) is 59.1 cm³/mol. The van der Waals surface area contributed by atoms with E-state index in [0.29, 0.717) is 5.69 Å². The molecule has 0 amide bonds. The van der Waals surface area contributed by atoms with Gasteiger partial charge in [0.25, 0.3) is 0 Å². The number of nitriles is 1. The zero-order valence-corrected chi connectivity index (χ0v) is 9.34. The molecule has 0 aliphatic heterocycles. The molecule has 0 aliphatic carbocycles. The largest absolute Gasteiger partial charge is 0.245 e. The van der Waals surface area contributed by atoms with Gasteiger partial charge < -0.3 is 0 Å². The summed E-state index contributed by atoms with van der Waals surface area (Å²) in [5.41, 5.74) is 0.500. The molecule has 0 unspecified atom stereocenters. The molecular weight excluding hydrogens is 192 g/mol. The Hall–Kier alpha value is -1.01. The Morgan fingerprint density at radius 2 is 2.36 bits per heavy atom. The first kappa shape index (κ1) is 11.1. The Morgan fingerprint density at radius 3 is 3.00 bits per heavy atom. The lowest BCUT2D eigenvalue weighted by Gasteiger charge is -2.03. The fraction of sp³-hybridized carbons (Fsp3) is 0.455. The van der Waals surface area contributed by atoms with Crippen LogP contribution in [0.25, 0.3) is 0 Å². The van der Waals surface area contributed by atoms with Crippen molar-refractivity contribution in [1.29, 1.82) is 5.26 Å². The molecule has 2 nitrogen and oxygen atoms in total. The number of rotatable bonds is 4. The summed E-state index contributed by atoms with van der Waals surface area (Å²) < 4.78 is 0. The Labute approximate surface area is 89.4 Å². The summed E-state index contributed by atoms with van der Waals surface area (Å²) in [4.78, 5) is 5.06. The Balaban J connectivity index is 2.47. The van der Waals surface area contributed by atoms with E-state index in [1.807, 2.05) is 18.2 Å². The quantitative estimate of drug-likeness (QED) is 0.710. The van der Waals surface area contributed by atoms with Gasteiger partial charge in [0.15, 0.2) is 0 Å². The molecule has 0 saturated carbocycles. The van der Waals surface area contributed by atoms with Crippen molar-refractivity contribution < 1.29 is 0 Å². The van der Waals surface area contributed by atoms with Crippen LogP contribution >= 0.6 is 11.8 Å². The second-order valence-electron chi connectivity index (χ2n) is 3.52. The van der Waals surface area contributed by atoms with Crippen molar-refractivity contribution in [3.05, 3.63) is 24.0 Å². The van der Waals surface area contributed by atoms with Gasteiger partial charge in [0.2, 0.25) is 0 Å². The number of hydrogen-bond donors (Lipinski definition) is 0. The average Bonchev–Trinajstić information content (AvgIpc) is 2.18. The van der Waals surface area contributed by atoms with E-state index in [1.54, 1.807) is 18.0 Å². The summed E-state index contributed by atoms with van der Waals surface area (Å²) in [7, 11) is 0. The minimum atomic E-state index is 0.500. The van der Waals surface area contributed by atoms with Crippen molar-refractivity contribution in [1.82, 2.24) is 4.98 Å². The predicted octanol–water partition coefficient (Wildman–Crippen LogP) is 3.09. The molecule has 1 aromatic heterocycles. The third-order valence-electron chi connectivity index (χ3n) is 1.81. The molecule has 1 aromatic rings. The van der Waals surface area contributed by atoms with E-state index in [2.05, 4.69) is 18.8 Å². The van der Waals surface area contributed by atoms with Crippen molar-refractivity contribution in [2.75, 3.05) is 5.75 Å². The van der Waals surface area contributed by atoms with Gasteiger partial charge in [0.1, 0.15) is 11.8 Å². The number of nitrogens with zero attached hydrogens (tertiary/aromatic N) is 2. The minimum absolute atomic E-state index is 0.500. The standard InChI is InChI=1S/C11H14N2S/c1-9(2)4-6-14-11-3-5-13-10(7-11)8-12/h3,5,7,9H,4,6H2,1-2H3. The molecule has 0 bridgehead atoms. The molecule has 0 spiro atoms. The van der Waals surface area contributed by atoms with Gasteiger partial charge in [-0.05, 0) is 30.2 Å². The van der Waals surface area contributed by atoms with E-state index < -0.39 is 0 Å². The van der Waals surface area contributed by atoms with Crippen LogP contribution in [0.2, 0.25) is 0 Å². The van der Waals surface area contributed by atoms with E-state index >= 15 is 0 Å². The highest BCUT2D eigenvalue weighted by Crippen LogP contribution is 2.20. The van der Waals surface area contributed by atoms with Crippen molar-refractivity contribution >= 4 is 11.8 Å². The van der Waals surface area contributed by atoms with Crippen LogP contribution in [-0.4, -0.2) is 10.7 Å². The van der Waals surface area contributed by atoms with Gasteiger partial charge in [-0.3, -0.25) is 0 Å². The zero-order chi connectivity index (χ0) is 10.4. The van der Waals surface area contributed by atoms with Crippen LogP contribution in [0.3, 0.4) is 0 Å². The highest BCUT2D eigenvalue weighted by Gasteiger charge is 1.98. The lowest BCUT2D eigenvalue weighted by Crippen LogP contribution is -1.89. The summed E-state index contributed by atoms with van der Waals surface area (Å²) in [5.74, 6) is 1.84. The lowest BCUT2D eigenvalue weighted by atomic mass is 10.2. The molecular formula is C11H14N2S. The molecule has 14 heavy (non-hydrogen) atoms. The Bertz CT molecular complexity index is 328. The summed E-state index contributed by atoms with van der Waals surface area (Å²) in [6.45, 7) is 4.43. The summed E-state index contributed by atoms with van der Waals surface area (Å²) in [6.07, 6.45) is 2.89. The van der Waals surface area contributed by atoms with E-state index in [4.69, 9.17) is 5.26 Å². The van der Waals surface area contributed by atoms with Crippen LogP contribution in [0.15, 0.2) is 23.2 Å². The van der Waals surface area contributed by atoms with Crippen LogP contribution in [0.5, 0.6) is 0 Å². The SMILES string of the molecule is CC(C)CCSc1ccnc(C#N)c1. The van der Waals surface area contributed by atoms with Gasteiger partial charge in [0, 0.05) is 11.1 Å². The van der Waals surface area contributed by atoms with E-state index in [1.165, 1.54) is 6.42 Å². The second-order valence-corrected chi connectivity index (χ2v) is 4.69. The lowest BCUT2D eigenvalue weighted by molar-refractivity contribution is 0.632. The highest BCUT2D eigenvalue weighted by atomic mass is 32.2. The maximum Gasteiger partial charge on any atom is 0.141 e. The molecule has 1 rings (SSSR count). The van der Waals surface area contributed by atoms with Gasteiger partial charge in [-0.2, -0.15) is 5.26 Å². The maximum atomic E-state index is 8.65. The monoisotopic (exact) mass is 206 g/mol. The van der Waals surface area contributed by atoms with Crippen LogP contribution in [0, 0.1) is 17.2 Å². The van der Waals surface area contributed by atoms with Crippen molar-refractivity contribution in [3.63, 3.8) is 0 Å². The first-order chi connectivity index (χ1) is 6.72. The first-order valence-electron chi connectivity index (χ1n) is 4.71. The summed E-state index contributed by atoms with van der Waals surface area (Å²) in [6, 6.07) is 5.83. The summed E-state index contributed by atoms with van der Waals surface area (Å²) in [5, 5.41) is 8.65. The molecule has 0 fully saturated rings. The van der Waals surface area contributed by atoms with Crippen LogP contribution < -0.4 is 0 Å². The topological polar surface area (TPSA) is 36.7 Å². The van der Waals surface area contributed by atoms with Gasteiger partial charge in [0.05, 0.1) is 0 Å². The minimum Gasteiger partial charge on any atom is -0.245 e. The van der Waals surface area contributed by atoms with Crippen LogP contribution in [-0.2, 0) is 0 Å². The van der Waals surface area contributed by atoms with Crippen molar-refractivity contribution in [3.8, 4) is 6.07 Å². The smallest absolute Gasteiger partial charge is 0.141 e. The van der Waals surface area contributed by atoms with Gasteiger partial charge in [-0.25, -0.2) is 4.98 Å². The molecule has 1 heterocycles. The highest BCUT2D eigenvalue weighted by molar-refractivity contribution is 7.99.